The molecule has 1 aromatic carbocycles. The molecule has 0 spiro atoms. The third-order valence-electron chi connectivity index (χ3n) is 3.06. The Morgan fingerprint density at radius 3 is 3.21 bits per heavy atom. The van der Waals surface area contributed by atoms with Gasteiger partial charge in [-0.15, -0.1) is 11.8 Å². The summed E-state index contributed by atoms with van der Waals surface area (Å²) in [6, 6.07) is 9.34. The molecule has 0 saturated carbocycles. The van der Waals surface area contributed by atoms with E-state index in [2.05, 4.69) is 41.5 Å². The van der Waals surface area contributed by atoms with Crippen LogP contribution in [0.2, 0.25) is 0 Å². The number of nitrogens with zero attached hydrogens (tertiary/aromatic N) is 1. The van der Waals surface area contributed by atoms with E-state index in [0.29, 0.717) is 11.4 Å². The fourth-order valence-electron chi connectivity index (χ4n) is 2.34. The van der Waals surface area contributed by atoms with Crippen LogP contribution in [0, 0.1) is 0 Å². The van der Waals surface area contributed by atoms with Gasteiger partial charge in [-0.2, -0.15) is 0 Å². The minimum atomic E-state index is 0.561. The zero-order valence-corrected chi connectivity index (χ0v) is 9.05. The van der Waals surface area contributed by atoms with Crippen molar-refractivity contribution in [2.75, 3.05) is 20.1 Å². The molecule has 1 N–H and O–H groups in total. The minimum absolute atomic E-state index is 0.561. The van der Waals surface area contributed by atoms with Crippen LogP contribution in [-0.2, 0) is 0 Å². The lowest BCUT2D eigenvalue weighted by atomic mass is 10.0. The Hall–Kier alpha value is -0.510. The van der Waals surface area contributed by atoms with E-state index in [1.165, 1.54) is 10.5 Å². The molecule has 0 amide bonds. The lowest BCUT2D eigenvalue weighted by molar-refractivity contribution is 0.191. The first-order valence-electron chi connectivity index (χ1n) is 5.05. The molecule has 2 heterocycles. The summed E-state index contributed by atoms with van der Waals surface area (Å²) < 4.78 is 0. The first kappa shape index (κ1) is 8.77. The van der Waals surface area contributed by atoms with Crippen molar-refractivity contribution in [1.29, 1.82) is 0 Å². The van der Waals surface area contributed by atoms with Crippen molar-refractivity contribution in [3.05, 3.63) is 29.8 Å². The van der Waals surface area contributed by atoms with E-state index < -0.39 is 0 Å². The van der Waals surface area contributed by atoms with Crippen LogP contribution >= 0.6 is 11.8 Å². The van der Waals surface area contributed by atoms with Crippen LogP contribution < -0.4 is 5.32 Å². The summed E-state index contributed by atoms with van der Waals surface area (Å²) in [4.78, 5) is 3.91. The van der Waals surface area contributed by atoms with Gasteiger partial charge in [0.05, 0.1) is 11.4 Å². The van der Waals surface area contributed by atoms with Crippen LogP contribution in [0.15, 0.2) is 29.2 Å². The largest absolute Gasteiger partial charge is 0.302 e. The number of piperazine rings is 1. The fraction of sp³-hybridized carbons (Fsp3) is 0.455. The maximum Gasteiger partial charge on any atom is 0.0780 e. The lowest BCUT2D eigenvalue weighted by Crippen LogP contribution is -2.47. The standard InChI is InChI=1S/C11H14N2S/c1-13-7-6-12-11-10(13)8-4-2-3-5-9(8)14-11/h2-5,10-12H,6-7H2,1H3. The molecule has 0 radical (unpaired) electrons. The maximum atomic E-state index is 3.58. The number of thioether (sulfide) groups is 1. The van der Waals surface area contributed by atoms with E-state index in [9.17, 15) is 0 Å². The molecule has 1 fully saturated rings. The Labute approximate surface area is 88.7 Å². The van der Waals surface area contributed by atoms with E-state index in [1.54, 1.807) is 0 Å². The van der Waals surface area contributed by atoms with Crippen molar-refractivity contribution in [2.24, 2.45) is 0 Å². The molecule has 14 heavy (non-hydrogen) atoms. The first-order valence-corrected chi connectivity index (χ1v) is 5.93. The number of rotatable bonds is 0. The van der Waals surface area contributed by atoms with Crippen molar-refractivity contribution in [3.8, 4) is 0 Å². The quantitative estimate of drug-likeness (QED) is 0.695. The smallest absolute Gasteiger partial charge is 0.0780 e. The topological polar surface area (TPSA) is 15.3 Å². The van der Waals surface area contributed by atoms with Gasteiger partial charge in [0.25, 0.3) is 0 Å². The van der Waals surface area contributed by atoms with Gasteiger partial charge in [-0.25, -0.2) is 0 Å². The Morgan fingerprint density at radius 1 is 1.43 bits per heavy atom. The second kappa shape index (κ2) is 3.26. The third-order valence-corrected chi connectivity index (χ3v) is 4.37. The second-order valence-corrected chi connectivity index (χ2v) is 5.14. The fourth-order valence-corrected chi connectivity index (χ4v) is 3.78. The van der Waals surface area contributed by atoms with Crippen LogP contribution in [0.4, 0.5) is 0 Å². The maximum absolute atomic E-state index is 3.58. The van der Waals surface area contributed by atoms with E-state index in [-0.39, 0.29) is 0 Å². The van der Waals surface area contributed by atoms with Gasteiger partial charge in [0.15, 0.2) is 0 Å². The summed E-state index contributed by atoms with van der Waals surface area (Å²) in [5, 5.41) is 4.14. The van der Waals surface area contributed by atoms with Crippen LogP contribution in [0.3, 0.4) is 0 Å². The van der Waals surface area contributed by atoms with Gasteiger partial charge in [0.2, 0.25) is 0 Å². The van der Waals surface area contributed by atoms with E-state index in [4.69, 9.17) is 0 Å². The molecule has 2 aliphatic heterocycles. The van der Waals surface area contributed by atoms with E-state index in [0.717, 1.165) is 13.1 Å². The Bertz CT molecular complexity index is 353. The summed E-state index contributed by atoms with van der Waals surface area (Å²) >= 11 is 1.97. The van der Waals surface area contributed by atoms with Crippen molar-refractivity contribution in [2.45, 2.75) is 16.3 Å². The summed E-state index contributed by atoms with van der Waals surface area (Å²) in [7, 11) is 2.22. The number of benzene rings is 1. The molecular formula is C11H14N2S. The highest BCUT2D eigenvalue weighted by Crippen LogP contribution is 2.46. The molecule has 2 aliphatic rings. The zero-order valence-electron chi connectivity index (χ0n) is 8.23. The summed E-state index contributed by atoms with van der Waals surface area (Å²) in [5.41, 5.74) is 1.50. The van der Waals surface area contributed by atoms with Gasteiger partial charge in [-0.05, 0) is 18.7 Å². The highest BCUT2D eigenvalue weighted by Gasteiger charge is 2.37. The summed E-state index contributed by atoms with van der Waals surface area (Å²) in [6.45, 7) is 2.26. The molecule has 2 unspecified atom stereocenters. The van der Waals surface area contributed by atoms with Gasteiger partial charge in [-0.3, -0.25) is 4.90 Å². The second-order valence-electron chi connectivity index (χ2n) is 3.96. The molecule has 3 rings (SSSR count). The average molecular weight is 206 g/mol. The SMILES string of the molecule is CN1CCNC2Sc3ccccc3C21. The molecule has 0 aromatic heterocycles. The van der Waals surface area contributed by atoms with Gasteiger partial charge >= 0.3 is 0 Å². The van der Waals surface area contributed by atoms with Gasteiger partial charge in [0, 0.05) is 18.0 Å². The number of hydrogen-bond acceptors (Lipinski definition) is 3. The molecule has 2 nitrogen and oxygen atoms in total. The number of nitrogens with one attached hydrogen (secondary N) is 1. The van der Waals surface area contributed by atoms with E-state index in [1.807, 2.05) is 11.8 Å². The van der Waals surface area contributed by atoms with Crippen molar-refractivity contribution >= 4 is 11.8 Å². The molecule has 2 atom stereocenters. The highest BCUT2D eigenvalue weighted by molar-refractivity contribution is 8.00. The Morgan fingerprint density at radius 2 is 2.29 bits per heavy atom. The zero-order chi connectivity index (χ0) is 9.54. The van der Waals surface area contributed by atoms with Crippen LogP contribution in [0.5, 0.6) is 0 Å². The lowest BCUT2D eigenvalue weighted by Gasteiger charge is -2.35. The molecule has 74 valence electrons. The van der Waals surface area contributed by atoms with Crippen molar-refractivity contribution in [3.63, 3.8) is 0 Å². The van der Waals surface area contributed by atoms with Crippen LogP contribution in [0.25, 0.3) is 0 Å². The highest BCUT2D eigenvalue weighted by atomic mass is 32.2. The monoisotopic (exact) mass is 206 g/mol. The van der Waals surface area contributed by atoms with E-state index >= 15 is 0 Å². The molecule has 0 aliphatic carbocycles. The molecule has 1 aromatic rings. The number of hydrogen-bond donors (Lipinski definition) is 1. The number of fused-ring (bicyclic) bond motifs is 3. The summed E-state index contributed by atoms with van der Waals surface area (Å²) in [5.74, 6) is 0. The van der Waals surface area contributed by atoms with Gasteiger partial charge < -0.3 is 5.32 Å². The predicted molar refractivity (Wildman–Crippen MR) is 59.5 cm³/mol. The molecule has 0 bridgehead atoms. The summed E-state index contributed by atoms with van der Waals surface area (Å²) in [6.07, 6.45) is 0. The first-order chi connectivity index (χ1) is 6.86. The average Bonchev–Trinajstić information content (AvgIpc) is 2.57. The van der Waals surface area contributed by atoms with Crippen LogP contribution in [0.1, 0.15) is 11.6 Å². The Kier molecular flexibility index (Phi) is 2.04. The molecular weight excluding hydrogens is 192 g/mol. The predicted octanol–water partition coefficient (Wildman–Crippen LogP) is 1.69. The molecule has 3 heteroatoms. The minimum Gasteiger partial charge on any atom is -0.302 e. The van der Waals surface area contributed by atoms with Gasteiger partial charge in [-0.1, -0.05) is 18.2 Å². The number of likely N-dealkylation sites (N-methyl/N-ethyl adjacent to an activating group) is 1. The van der Waals surface area contributed by atoms with Crippen LogP contribution in [-0.4, -0.2) is 30.4 Å². The van der Waals surface area contributed by atoms with Crippen molar-refractivity contribution < 1.29 is 0 Å². The Balaban J connectivity index is 2.03. The van der Waals surface area contributed by atoms with Crippen molar-refractivity contribution in [1.82, 2.24) is 10.2 Å². The van der Waals surface area contributed by atoms with Gasteiger partial charge in [0.1, 0.15) is 0 Å². The third kappa shape index (κ3) is 1.20. The normalized spacial score (nSPS) is 31.2. The molecule has 1 saturated heterocycles.